The van der Waals surface area contributed by atoms with E-state index >= 15 is 0 Å². The number of aryl methyl sites for hydroxylation is 2. The van der Waals surface area contributed by atoms with E-state index in [4.69, 9.17) is 9.63 Å². The van der Waals surface area contributed by atoms with Gasteiger partial charge in [-0.2, -0.15) is 0 Å². The second-order valence-corrected chi connectivity index (χ2v) is 6.71. The average Bonchev–Trinajstić information content (AvgIpc) is 2.83. The van der Waals surface area contributed by atoms with Crippen molar-refractivity contribution in [1.82, 2.24) is 15.8 Å². The summed E-state index contributed by atoms with van der Waals surface area (Å²) in [5.41, 5.74) is 1.64. The third-order valence-corrected chi connectivity index (χ3v) is 3.86. The van der Waals surface area contributed by atoms with Crippen molar-refractivity contribution >= 4 is 17.8 Å². The number of hydrogen-bond donors (Lipinski definition) is 3. The number of carboxylic acids is 1. The van der Waals surface area contributed by atoms with E-state index in [-0.39, 0.29) is 30.7 Å². The van der Waals surface area contributed by atoms with Crippen LogP contribution in [0.3, 0.4) is 0 Å². The van der Waals surface area contributed by atoms with Crippen LogP contribution in [0.15, 0.2) is 4.52 Å². The van der Waals surface area contributed by atoms with E-state index in [0.717, 1.165) is 11.3 Å². The van der Waals surface area contributed by atoms with Crippen molar-refractivity contribution in [3.05, 3.63) is 17.0 Å². The van der Waals surface area contributed by atoms with Gasteiger partial charge in [0.1, 0.15) is 11.8 Å². The molecule has 0 bridgehead atoms. The summed E-state index contributed by atoms with van der Waals surface area (Å²) in [7, 11) is 0. The van der Waals surface area contributed by atoms with Gasteiger partial charge in [0.2, 0.25) is 11.8 Å². The number of hydrogen-bond acceptors (Lipinski definition) is 5. The van der Waals surface area contributed by atoms with Crippen molar-refractivity contribution in [1.29, 1.82) is 0 Å². The second kappa shape index (κ2) is 9.19. The van der Waals surface area contributed by atoms with Crippen LogP contribution in [0, 0.1) is 19.8 Å². The maximum absolute atomic E-state index is 12.0. The molecule has 1 aromatic rings. The first-order chi connectivity index (χ1) is 11.6. The Morgan fingerprint density at radius 3 is 2.28 bits per heavy atom. The van der Waals surface area contributed by atoms with Crippen LogP contribution in [-0.2, 0) is 14.4 Å². The van der Waals surface area contributed by atoms with Gasteiger partial charge in [-0.15, -0.1) is 0 Å². The zero-order chi connectivity index (χ0) is 19.1. The minimum absolute atomic E-state index is 0.0954. The van der Waals surface area contributed by atoms with Gasteiger partial charge >= 0.3 is 5.97 Å². The Kier molecular flexibility index (Phi) is 7.60. The van der Waals surface area contributed by atoms with Crippen LogP contribution in [0.25, 0.3) is 0 Å². The summed E-state index contributed by atoms with van der Waals surface area (Å²) in [6.07, 6.45) is 0.516. The molecule has 1 heterocycles. The predicted molar refractivity (Wildman–Crippen MR) is 91.0 cm³/mol. The van der Waals surface area contributed by atoms with Gasteiger partial charge in [0.05, 0.1) is 12.2 Å². The molecule has 0 aliphatic rings. The molecule has 0 aliphatic carbocycles. The normalized spacial score (nSPS) is 13.4. The molecule has 8 heteroatoms. The molecule has 0 spiro atoms. The molecule has 0 fully saturated rings. The van der Waals surface area contributed by atoms with Gasteiger partial charge < -0.3 is 20.3 Å². The number of nitrogens with zero attached hydrogens (tertiary/aromatic N) is 1. The van der Waals surface area contributed by atoms with Crippen LogP contribution in [0.1, 0.15) is 56.5 Å². The molecular formula is C17H27N3O5. The van der Waals surface area contributed by atoms with E-state index in [0.29, 0.717) is 12.2 Å². The van der Waals surface area contributed by atoms with Gasteiger partial charge in [-0.3, -0.25) is 9.59 Å². The van der Waals surface area contributed by atoms with Gasteiger partial charge in [0, 0.05) is 12.0 Å². The molecule has 25 heavy (non-hydrogen) atoms. The number of aliphatic carboxylic acids is 1. The van der Waals surface area contributed by atoms with E-state index in [9.17, 15) is 14.4 Å². The lowest BCUT2D eigenvalue weighted by Gasteiger charge is -2.17. The summed E-state index contributed by atoms with van der Waals surface area (Å²) < 4.78 is 5.09. The zero-order valence-corrected chi connectivity index (χ0v) is 15.4. The zero-order valence-electron chi connectivity index (χ0n) is 15.4. The number of aromatic nitrogens is 1. The first kappa shape index (κ1) is 20.7. The second-order valence-electron chi connectivity index (χ2n) is 6.71. The molecule has 1 rings (SSSR count). The average molecular weight is 353 g/mol. The van der Waals surface area contributed by atoms with Gasteiger partial charge in [-0.1, -0.05) is 25.9 Å². The van der Waals surface area contributed by atoms with E-state index in [1.165, 1.54) is 0 Å². The largest absolute Gasteiger partial charge is 0.480 e. The standard InChI is InChI=1S/C17H27N3O5/c1-9(2)6-13(17(23)24)19-15(22)8-18-14(21)7-10(3)16-11(4)20-25-12(16)5/h9-10,13H,6-8H2,1-5H3,(H,18,21)(H,19,22)(H,23,24)/t10?,13-/m0/s1. The number of rotatable bonds is 9. The fourth-order valence-electron chi connectivity index (χ4n) is 2.76. The van der Waals surface area contributed by atoms with Gasteiger partial charge in [-0.05, 0) is 32.1 Å². The SMILES string of the molecule is Cc1noc(C)c1C(C)CC(=O)NCC(=O)N[C@@H](CC(C)C)C(=O)O. The predicted octanol–water partition coefficient (Wildman–Crippen LogP) is 1.52. The van der Waals surface area contributed by atoms with Crippen molar-refractivity contribution in [2.45, 2.75) is 59.4 Å². The molecule has 0 saturated carbocycles. The van der Waals surface area contributed by atoms with Gasteiger partial charge in [-0.25, -0.2) is 4.79 Å². The van der Waals surface area contributed by atoms with Crippen LogP contribution in [-0.4, -0.2) is 40.6 Å². The molecule has 0 aromatic carbocycles. The lowest BCUT2D eigenvalue weighted by Crippen LogP contribution is -2.46. The molecule has 2 atom stereocenters. The number of carbonyl (C=O) groups excluding carboxylic acids is 2. The van der Waals surface area contributed by atoms with E-state index in [2.05, 4.69) is 15.8 Å². The van der Waals surface area contributed by atoms with Crippen molar-refractivity contribution in [3.63, 3.8) is 0 Å². The Balaban J connectivity index is 2.47. The van der Waals surface area contributed by atoms with Crippen LogP contribution in [0.5, 0.6) is 0 Å². The molecule has 8 nitrogen and oxygen atoms in total. The summed E-state index contributed by atoms with van der Waals surface area (Å²) in [6.45, 7) is 8.98. The molecule has 0 aliphatic heterocycles. The Hall–Kier alpha value is -2.38. The highest BCUT2D eigenvalue weighted by atomic mass is 16.5. The highest BCUT2D eigenvalue weighted by Gasteiger charge is 2.22. The smallest absolute Gasteiger partial charge is 0.326 e. The summed E-state index contributed by atoms with van der Waals surface area (Å²) in [5, 5.41) is 17.9. The van der Waals surface area contributed by atoms with Crippen molar-refractivity contribution < 1.29 is 24.0 Å². The Morgan fingerprint density at radius 2 is 1.80 bits per heavy atom. The summed E-state index contributed by atoms with van der Waals surface area (Å²) in [4.78, 5) is 35.0. The maximum Gasteiger partial charge on any atom is 0.326 e. The van der Waals surface area contributed by atoms with Crippen molar-refractivity contribution in [3.8, 4) is 0 Å². The maximum atomic E-state index is 12.0. The van der Waals surface area contributed by atoms with Crippen molar-refractivity contribution in [2.75, 3.05) is 6.54 Å². The van der Waals surface area contributed by atoms with Crippen LogP contribution in [0.4, 0.5) is 0 Å². The summed E-state index contributed by atoms with van der Waals surface area (Å²) in [6, 6.07) is -0.953. The van der Waals surface area contributed by atoms with Crippen LogP contribution in [0.2, 0.25) is 0 Å². The van der Waals surface area contributed by atoms with E-state index in [1.54, 1.807) is 6.92 Å². The molecule has 2 amide bonds. The number of carbonyl (C=O) groups is 3. The van der Waals surface area contributed by atoms with E-state index < -0.39 is 17.9 Å². The van der Waals surface area contributed by atoms with Crippen LogP contribution < -0.4 is 10.6 Å². The van der Waals surface area contributed by atoms with E-state index in [1.807, 2.05) is 27.7 Å². The summed E-state index contributed by atoms with van der Waals surface area (Å²) >= 11 is 0. The molecule has 0 saturated heterocycles. The molecular weight excluding hydrogens is 326 g/mol. The minimum Gasteiger partial charge on any atom is -0.480 e. The lowest BCUT2D eigenvalue weighted by atomic mass is 9.96. The fraction of sp³-hybridized carbons (Fsp3) is 0.647. The third kappa shape index (κ3) is 6.56. The van der Waals surface area contributed by atoms with Gasteiger partial charge in [0.15, 0.2) is 0 Å². The Bertz CT molecular complexity index is 604. The first-order valence-corrected chi connectivity index (χ1v) is 8.33. The molecule has 140 valence electrons. The quantitative estimate of drug-likeness (QED) is 0.619. The Morgan fingerprint density at radius 1 is 1.16 bits per heavy atom. The third-order valence-electron chi connectivity index (χ3n) is 3.86. The monoisotopic (exact) mass is 353 g/mol. The molecule has 3 N–H and O–H groups in total. The fourth-order valence-corrected chi connectivity index (χ4v) is 2.76. The van der Waals surface area contributed by atoms with Crippen molar-refractivity contribution in [2.24, 2.45) is 5.92 Å². The molecule has 0 radical (unpaired) electrons. The highest BCUT2D eigenvalue weighted by Crippen LogP contribution is 2.25. The topological polar surface area (TPSA) is 122 Å². The highest BCUT2D eigenvalue weighted by molar-refractivity contribution is 5.88. The number of nitrogens with one attached hydrogen (secondary N) is 2. The number of amides is 2. The minimum atomic E-state index is -1.08. The lowest BCUT2D eigenvalue weighted by molar-refractivity contribution is -0.142. The summed E-state index contributed by atoms with van der Waals surface area (Å²) in [5.74, 6) is -1.19. The number of carboxylic acid groups (broad SMARTS) is 1. The first-order valence-electron chi connectivity index (χ1n) is 8.33. The molecule has 1 aromatic heterocycles. The Labute approximate surface area is 147 Å². The molecule has 1 unspecified atom stereocenters. The van der Waals surface area contributed by atoms with Gasteiger partial charge in [0.25, 0.3) is 0 Å². The van der Waals surface area contributed by atoms with Crippen LogP contribution >= 0.6 is 0 Å².